The lowest BCUT2D eigenvalue weighted by Gasteiger charge is -2.32. The van der Waals surface area contributed by atoms with E-state index in [0.717, 1.165) is 57.3 Å². The van der Waals surface area contributed by atoms with Crippen LogP contribution in [0.1, 0.15) is 37.9 Å². The van der Waals surface area contributed by atoms with Crippen molar-refractivity contribution in [1.29, 1.82) is 0 Å². The molecule has 0 amide bonds. The average molecular weight is 527 g/mol. The van der Waals surface area contributed by atoms with Crippen molar-refractivity contribution in [3.8, 4) is 11.3 Å². The van der Waals surface area contributed by atoms with Crippen molar-refractivity contribution in [2.75, 3.05) is 39.3 Å². The molecule has 8 nitrogen and oxygen atoms in total. The lowest BCUT2D eigenvalue weighted by atomic mass is 9.94. The van der Waals surface area contributed by atoms with Crippen LogP contribution in [0.5, 0.6) is 0 Å². The van der Waals surface area contributed by atoms with E-state index in [9.17, 15) is 10.2 Å². The second kappa shape index (κ2) is 13.6. The Bertz CT molecular complexity index is 918. The minimum Gasteiger partial charge on any atom is -0.455 e. The normalized spacial score (nSPS) is 22.2. The number of benzene rings is 1. The van der Waals surface area contributed by atoms with Gasteiger partial charge in [0.1, 0.15) is 17.7 Å². The van der Waals surface area contributed by atoms with Crippen LogP contribution >= 0.6 is 24.0 Å². The number of nitrogens with zero attached hydrogens (tertiary/aromatic N) is 4. The summed E-state index contributed by atoms with van der Waals surface area (Å²) in [6.45, 7) is 4.35. The van der Waals surface area contributed by atoms with E-state index < -0.39 is 12.6 Å². The number of likely N-dealkylation sites (tertiary alicyclic amines) is 1. The first-order valence-electron chi connectivity index (χ1n) is 12.1. The van der Waals surface area contributed by atoms with Crippen LogP contribution in [0.3, 0.4) is 0 Å². The Hall–Kier alpha value is -1.65. The van der Waals surface area contributed by atoms with Gasteiger partial charge in [-0.05, 0) is 94.1 Å². The third-order valence-corrected chi connectivity index (χ3v) is 7.02. The van der Waals surface area contributed by atoms with Crippen molar-refractivity contribution >= 4 is 30.2 Å². The number of hydrogen-bond donors (Lipinski definition) is 3. The fraction of sp³-hybridized carbons (Fsp3) is 0.560. The number of rotatable bonds is 10. The molecule has 10 heteroatoms. The summed E-state index contributed by atoms with van der Waals surface area (Å²) in [6, 6.07) is 11.1. The summed E-state index contributed by atoms with van der Waals surface area (Å²) in [5, 5.41) is 36.6. The number of aliphatic hydroxyl groups excluding tert-OH is 3. The third-order valence-electron chi connectivity index (χ3n) is 6.77. The van der Waals surface area contributed by atoms with Crippen molar-refractivity contribution < 1.29 is 19.7 Å². The monoisotopic (exact) mass is 526 g/mol. The minimum atomic E-state index is -0.967. The van der Waals surface area contributed by atoms with Crippen molar-refractivity contribution in [2.24, 2.45) is 11.0 Å². The zero-order chi connectivity index (χ0) is 23.9. The summed E-state index contributed by atoms with van der Waals surface area (Å²) in [4.78, 5) is 4.15. The standard InChI is InChI=1S/C25H35ClN4O4.ClH/c26-21-5-3-20(4-6-21)23-8-7-22(34-23)17-27-30-18-24(32)29(25(30)33)13-2-1-12-28-14-9-19(10-15-28)11-16-31;/h3-8,17,19,24-25,31-33H,1-2,9-16,18H2;1H. The molecule has 2 aromatic rings. The second-order valence-corrected chi connectivity index (χ2v) is 9.58. The summed E-state index contributed by atoms with van der Waals surface area (Å²) in [6.07, 6.45) is 4.98. The van der Waals surface area contributed by atoms with Gasteiger partial charge in [0.25, 0.3) is 0 Å². The molecule has 3 heterocycles. The summed E-state index contributed by atoms with van der Waals surface area (Å²) in [7, 11) is 0. The molecule has 0 bridgehead atoms. The number of halogens is 2. The summed E-state index contributed by atoms with van der Waals surface area (Å²) < 4.78 is 5.82. The quantitative estimate of drug-likeness (QED) is 0.322. The minimum absolute atomic E-state index is 0. The highest BCUT2D eigenvalue weighted by Gasteiger charge is 2.36. The molecule has 3 N–H and O–H groups in total. The Morgan fingerprint density at radius 2 is 1.74 bits per heavy atom. The van der Waals surface area contributed by atoms with Gasteiger partial charge in [0.2, 0.25) is 6.35 Å². The number of hydrazone groups is 1. The van der Waals surface area contributed by atoms with Crippen LogP contribution in [0, 0.1) is 5.92 Å². The fourth-order valence-electron chi connectivity index (χ4n) is 4.70. The number of β-amino-alcohol motifs (C(OH)–C–C–N with tert-alkyl or cyclic N) is 1. The van der Waals surface area contributed by atoms with Gasteiger partial charge in [0, 0.05) is 23.7 Å². The highest BCUT2D eigenvalue weighted by molar-refractivity contribution is 6.30. The largest absolute Gasteiger partial charge is 0.455 e. The fourth-order valence-corrected chi connectivity index (χ4v) is 4.82. The van der Waals surface area contributed by atoms with E-state index in [1.54, 1.807) is 11.1 Å². The van der Waals surface area contributed by atoms with Crippen LogP contribution in [0.4, 0.5) is 0 Å². The molecule has 0 spiro atoms. The Morgan fingerprint density at radius 1 is 1.03 bits per heavy atom. The van der Waals surface area contributed by atoms with Crippen molar-refractivity contribution in [3.05, 3.63) is 47.2 Å². The first kappa shape index (κ1) is 27.9. The maximum Gasteiger partial charge on any atom is 0.203 e. The number of piperidine rings is 1. The zero-order valence-corrected chi connectivity index (χ0v) is 21.4. The lowest BCUT2D eigenvalue weighted by Crippen LogP contribution is -2.40. The van der Waals surface area contributed by atoms with E-state index in [1.807, 2.05) is 36.4 Å². The molecular formula is C25H36Cl2N4O4. The van der Waals surface area contributed by atoms with Crippen LogP contribution in [0.25, 0.3) is 11.3 Å². The molecule has 2 aliphatic heterocycles. The van der Waals surface area contributed by atoms with Gasteiger partial charge < -0.3 is 24.6 Å². The van der Waals surface area contributed by atoms with Gasteiger partial charge in [-0.15, -0.1) is 12.4 Å². The zero-order valence-electron chi connectivity index (χ0n) is 19.9. The van der Waals surface area contributed by atoms with Gasteiger partial charge >= 0.3 is 0 Å². The van der Waals surface area contributed by atoms with E-state index in [4.69, 9.17) is 21.1 Å². The molecule has 1 aromatic carbocycles. The summed E-state index contributed by atoms with van der Waals surface area (Å²) >= 11 is 5.94. The molecule has 2 unspecified atom stereocenters. The van der Waals surface area contributed by atoms with E-state index in [2.05, 4.69) is 10.0 Å². The van der Waals surface area contributed by atoms with Crippen molar-refractivity contribution in [3.63, 3.8) is 0 Å². The predicted octanol–water partition coefficient (Wildman–Crippen LogP) is 3.44. The Kier molecular flexibility index (Phi) is 10.9. The molecule has 2 atom stereocenters. The van der Waals surface area contributed by atoms with Crippen molar-refractivity contribution in [2.45, 2.75) is 44.7 Å². The molecule has 2 fully saturated rings. The van der Waals surface area contributed by atoms with E-state index in [-0.39, 0.29) is 25.6 Å². The maximum absolute atomic E-state index is 10.6. The number of unbranched alkanes of at least 4 members (excludes halogenated alkanes) is 1. The predicted molar refractivity (Wildman–Crippen MR) is 140 cm³/mol. The van der Waals surface area contributed by atoms with Crippen LogP contribution in [0.15, 0.2) is 45.9 Å². The molecule has 0 aliphatic carbocycles. The van der Waals surface area contributed by atoms with Crippen molar-refractivity contribution in [1.82, 2.24) is 14.8 Å². The highest BCUT2D eigenvalue weighted by atomic mass is 35.5. The van der Waals surface area contributed by atoms with Gasteiger partial charge in [0.15, 0.2) is 0 Å². The van der Waals surface area contributed by atoms with Gasteiger partial charge in [-0.1, -0.05) is 11.6 Å². The van der Waals surface area contributed by atoms with E-state index >= 15 is 0 Å². The SMILES string of the molecule is Cl.OCCC1CCN(CCCCN2C(O)CN(N=Cc3ccc(-c4ccc(Cl)cc4)o3)C2O)CC1. The van der Waals surface area contributed by atoms with Gasteiger partial charge in [-0.25, -0.2) is 4.90 Å². The molecule has 1 aromatic heterocycles. The molecule has 0 radical (unpaired) electrons. The molecular weight excluding hydrogens is 491 g/mol. The second-order valence-electron chi connectivity index (χ2n) is 9.14. The van der Waals surface area contributed by atoms with Crippen LogP contribution in [-0.4, -0.2) is 88.3 Å². The average Bonchev–Trinajstić information content (AvgIpc) is 3.42. The van der Waals surface area contributed by atoms with Crippen LogP contribution in [-0.2, 0) is 0 Å². The maximum atomic E-state index is 10.6. The number of hydrogen-bond acceptors (Lipinski definition) is 8. The van der Waals surface area contributed by atoms with Gasteiger partial charge in [-0.3, -0.25) is 5.01 Å². The third kappa shape index (κ3) is 7.67. The number of aliphatic hydroxyl groups is 3. The first-order valence-corrected chi connectivity index (χ1v) is 12.5. The lowest BCUT2D eigenvalue weighted by molar-refractivity contribution is -0.0914. The molecule has 35 heavy (non-hydrogen) atoms. The van der Waals surface area contributed by atoms with E-state index in [0.29, 0.717) is 29.0 Å². The first-order chi connectivity index (χ1) is 16.5. The summed E-state index contributed by atoms with van der Waals surface area (Å²) in [5.74, 6) is 1.93. The van der Waals surface area contributed by atoms with E-state index in [1.165, 1.54) is 5.01 Å². The molecule has 2 aliphatic rings. The van der Waals surface area contributed by atoms with Crippen LogP contribution < -0.4 is 0 Å². The topological polar surface area (TPSA) is 95.9 Å². The molecule has 4 rings (SSSR count). The molecule has 194 valence electrons. The highest BCUT2D eigenvalue weighted by Crippen LogP contribution is 2.24. The van der Waals surface area contributed by atoms with Gasteiger partial charge in [0.05, 0.1) is 12.8 Å². The number of furan rings is 1. The molecule has 2 saturated heterocycles. The smallest absolute Gasteiger partial charge is 0.203 e. The Balaban J connectivity index is 0.00000342. The summed E-state index contributed by atoms with van der Waals surface area (Å²) in [5.41, 5.74) is 0.918. The Labute approximate surface area is 218 Å². The molecule has 0 saturated carbocycles. The van der Waals surface area contributed by atoms with Crippen LogP contribution in [0.2, 0.25) is 5.02 Å². The van der Waals surface area contributed by atoms with Gasteiger partial charge in [-0.2, -0.15) is 5.10 Å². The Morgan fingerprint density at radius 3 is 2.46 bits per heavy atom.